The molecule has 0 saturated carbocycles. The molecule has 7 nitrogen and oxygen atoms in total. The van der Waals surface area contributed by atoms with Crippen molar-refractivity contribution in [1.29, 1.82) is 0 Å². The molecule has 2 atom stereocenters. The van der Waals surface area contributed by atoms with E-state index < -0.39 is 18.6 Å². The summed E-state index contributed by atoms with van der Waals surface area (Å²) in [6.07, 6.45) is 5.92. The molecule has 8 heteroatoms. The minimum absolute atomic E-state index is 0.00776. The van der Waals surface area contributed by atoms with Crippen LogP contribution < -0.4 is 10.1 Å². The number of benzene rings is 1. The lowest BCUT2D eigenvalue weighted by Gasteiger charge is -2.25. The number of H-pyrrole nitrogens is 1. The number of carboxylic acid groups (broad SMARTS) is 1. The molecule has 0 fully saturated rings. The topological polar surface area (TPSA) is 107 Å². The first kappa shape index (κ1) is 21.0. The molecule has 162 valence electrons. The van der Waals surface area contributed by atoms with Gasteiger partial charge in [0.15, 0.2) is 0 Å². The molecule has 4 rings (SSSR count). The number of hydrogen-bond donors (Lipinski definition) is 4. The summed E-state index contributed by atoms with van der Waals surface area (Å²) in [7, 11) is 1.56. The first-order valence-electron chi connectivity index (χ1n) is 10.1. The number of aliphatic hydroxyl groups excluding tert-OH is 1. The minimum Gasteiger partial charge on any atom is -0.496 e. The van der Waals surface area contributed by atoms with Gasteiger partial charge in [-0.2, -0.15) is 0 Å². The molecule has 1 aliphatic rings. The summed E-state index contributed by atoms with van der Waals surface area (Å²) in [5.74, 6) is -0.814. The fourth-order valence-corrected chi connectivity index (χ4v) is 4.04. The van der Waals surface area contributed by atoms with Gasteiger partial charge in [-0.15, -0.1) is 0 Å². The molecule has 0 spiro atoms. The fourth-order valence-electron chi connectivity index (χ4n) is 4.04. The summed E-state index contributed by atoms with van der Waals surface area (Å²) in [5.41, 5.74) is 4.23. The Morgan fingerprint density at radius 3 is 2.87 bits per heavy atom. The molecule has 4 N–H and O–H groups in total. The first-order valence-corrected chi connectivity index (χ1v) is 10.1. The Morgan fingerprint density at radius 1 is 1.35 bits per heavy atom. The lowest BCUT2D eigenvalue weighted by Crippen LogP contribution is -2.46. The number of nitrogens with one attached hydrogen (secondary N) is 2. The van der Waals surface area contributed by atoms with Gasteiger partial charge in [0.25, 0.3) is 0 Å². The van der Waals surface area contributed by atoms with Crippen LogP contribution in [0.15, 0.2) is 42.6 Å². The van der Waals surface area contributed by atoms with Gasteiger partial charge in [0.1, 0.15) is 23.3 Å². The maximum atomic E-state index is 13.9. The molecule has 0 aliphatic heterocycles. The number of fused-ring (bicyclic) bond motifs is 1. The van der Waals surface area contributed by atoms with E-state index in [4.69, 9.17) is 9.84 Å². The number of carbonyl (C=O) groups is 1. The number of allylic oxidation sites excluding steroid dienone is 1. The van der Waals surface area contributed by atoms with Crippen LogP contribution in [0.3, 0.4) is 0 Å². The van der Waals surface area contributed by atoms with E-state index in [9.17, 15) is 14.3 Å². The van der Waals surface area contributed by atoms with Crippen molar-refractivity contribution in [2.24, 2.45) is 0 Å². The largest absolute Gasteiger partial charge is 0.496 e. The molecule has 0 saturated heterocycles. The van der Waals surface area contributed by atoms with Crippen LogP contribution in [-0.4, -0.2) is 52.0 Å². The summed E-state index contributed by atoms with van der Waals surface area (Å²) in [5, 5.41) is 22.2. The van der Waals surface area contributed by atoms with Gasteiger partial charge in [-0.25, -0.2) is 9.37 Å². The monoisotopic (exact) mass is 425 g/mol. The fraction of sp³-hybridized carbons (Fsp3) is 0.304. The van der Waals surface area contributed by atoms with E-state index in [0.29, 0.717) is 23.4 Å². The van der Waals surface area contributed by atoms with E-state index >= 15 is 0 Å². The predicted octanol–water partition coefficient (Wildman–Crippen LogP) is 3.35. The van der Waals surface area contributed by atoms with E-state index in [1.54, 1.807) is 19.4 Å². The number of methoxy groups -OCH3 is 1. The molecular formula is C23H24FN3O4. The third-order valence-corrected chi connectivity index (χ3v) is 5.66. The molecule has 1 aliphatic carbocycles. The molecule has 2 heterocycles. The van der Waals surface area contributed by atoms with Crippen molar-refractivity contribution in [3.8, 4) is 16.9 Å². The Hall–Kier alpha value is -3.23. The lowest BCUT2D eigenvalue weighted by atomic mass is 9.92. The molecule has 31 heavy (non-hydrogen) atoms. The molecule has 1 unspecified atom stereocenters. The minimum atomic E-state index is -1.06. The number of aliphatic carboxylic acids is 1. The van der Waals surface area contributed by atoms with Crippen LogP contribution in [0.1, 0.15) is 25.0 Å². The Balaban J connectivity index is 1.62. The van der Waals surface area contributed by atoms with Crippen LogP contribution in [0, 0.1) is 5.82 Å². The number of pyridine rings is 1. The predicted molar refractivity (Wildman–Crippen MR) is 115 cm³/mol. The Bertz CT molecular complexity index is 1140. The highest BCUT2D eigenvalue weighted by Crippen LogP contribution is 2.37. The third-order valence-electron chi connectivity index (χ3n) is 5.66. The van der Waals surface area contributed by atoms with Crippen molar-refractivity contribution in [2.75, 3.05) is 13.7 Å². The number of ether oxygens (including phenoxy) is 1. The van der Waals surface area contributed by atoms with Crippen molar-refractivity contribution in [3.63, 3.8) is 0 Å². The van der Waals surface area contributed by atoms with Gasteiger partial charge in [0.2, 0.25) is 0 Å². The highest BCUT2D eigenvalue weighted by molar-refractivity contribution is 5.96. The lowest BCUT2D eigenvalue weighted by molar-refractivity contribution is -0.140. The van der Waals surface area contributed by atoms with E-state index in [2.05, 4.69) is 21.4 Å². The van der Waals surface area contributed by atoms with Crippen LogP contribution >= 0.6 is 0 Å². The Kier molecular flexibility index (Phi) is 6.01. The number of aromatic nitrogens is 2. The van der Waals surface area contributed by atoms with Gasteiger partial charge in [0, 0.05) is 28.9 Å². The first-order chi connectivity index (χ1) is 15.0. The van der Waals surface area contributed by atoms with E-state index in [0.717, 1.165) is 35.1 Å². The smallest absolute Gasteiger partial charge is 0.323 e. The molecular weight excluding hydrogens is 401 g/mol. The van der Waals surface area contributed by atoms with Crippen LogP contribution in [0.2, 0.25) is 0 Å². The molecule has 3 aromatic rings. The van der Waals surface area contributed by atoms with Crippen molar-refractivity contribution in [2.45, 2.75) is 31.3 Å². The number of hydrogen-bond acceptors (Lipinski definition) is 5. The van der Waals surface area contributed by atoms with Crippen LogP contribution in [0.4, 0.5) is 4.39 Å². The highest BCUT2D eigenvalue weighted by Gasteiger charge is 2.23. The molecule has 0 bridgehead atoms. The second-order valence-electron chi connectivity index (χ2n) is 7.59. The molecule has 0 radical (unpaired) electrons. The number of aromatic amines is 1. The van der Waals surface area contributed by atoms with Crippen molar-refractivity contribution >= 4 is 22.6 Å². The third kappa shape index (κ3) is 4.30. The van der Waals surface area contributed by atoms with E-state index in [1.165, 1.54) is 12.1 Å². The van der Waals surface area contributed by atoms with Crippen LogP contribution in [0.5, 0.6) is 5.75 Å². The summed E-state index contributed by atoms with van der Waals surface area (Å²) >= 11 is 0. The summed E-state index contributed by atoms with van der Waals surface area (Å²) in [6.45, 7) is -0.442. The van der Waals surface area contributed by atoms with Crippen molar-refractivity contribution in [1.82, 2.24) is 15.3 Å². The molecule has 2 aromatic heterocycles. The van der Waals surface area contributed by atoms with Crippen molar-refractivity contribution < 1.29 is 24.1 Å². The molecule has 0 amide bonds. The maximum Gasteiger partial charge on any atom is 0.323 e. The average Bonchev–Trinajstić information content (AvgIpc) is 3.22. The van der Waals surface area contributed by atoms with Crippen molar-refractivity contribution in [3.05, 3.63) is 54.1 Å². The number of halogens is 1. The van der Waals surface area contributed by atoms with Gasteiger partial charge in [-0.05, 0) is 60.7 Å². The summed E-state index contributed by atoms with van der Waals surface area (Å²) in [4.78, 5) is 18.9. The zero-order valence-electron chi connectivity index (χ0n) is 17.1. The highest BCUT2D eigenvalue weighted by atomic mass is 19.1. The number of nitrogens with zero attached hydrogens (tertiary/aromatic N) is 1. The zero-order valence-corrected chi connectivity index (χ0v) is 17.1. The van der Waals surface area contributed by atoms with Gasteiger partial charge < -0.3 is 19.9 Å². The van der Waals surface area contributed by atoms with Gasteiger partial charge in [0.05, 0.1) is 13.7 Å². The summed E-state index contributed by atoms with van der Waals surface area (Å²) < 4.78 is 19.3. The number of aliphatic hydroxyl groups is 1. The Morgan fingerprint density at radius 2 is 2.19 bits per heavy atom. The number of carboxylic acids is 1. The van der Waals surface area contributed by atoms with Gasteiger partial charge >= 0.3 is 5.97 Å². The standard InChI is InChI=1S/C23H24FN3O4/c1-31-21-7-4-14(24)10-17(21)16-8-9-25-22-18(16)11-19(27-22)13-2-5-15(6-3-13)26-20(12-28)23(29)30/h2,4,7-11,15,20,26,28H,3,5-6,12H2,1H3,(H,25,27)(H,29,30)/t15?,20-/m0/s1. The Labute approximate surface area is 178 Å². The van der Waals surface area contributed by atoms with Crippen LogP contribution in [-0.2, 0) is 4.79 Å². The van der Waals surface area contributed by atoms with Crippen LogP contribution in [0.25, 0.3) is 27.7 Å². The SMILES string of the molecule is COc1ccc(F)cc1-c1ccnc2[nH]c(C3=CCC(N[C@@H](CO)C(=O)O)CC3)cc12. The second-order valence-corrected chi connectivity index (χ2v) is 7.59. The molecule has 1 aromatic carbocycles. The average molecular weight is 425 g/mol. The zero-order chi connectivity index (χ0) is 22.0. The number of rotatable bonds is 7. The van der Waals surface area contributed by atoms with Gasteiger partial charge in [-0.3, -0.25) is 10.1 Å². The van der Waals surface area contributed by atoms with Gasteiger partial charge in [-0.1, -0.05) is 6.08 Å². The quantitative estimate of drug-likeness (QED) is 0.463. The van der Waals surface area contributed by atoms with E-state index in [1.807, 2.05) is 12.1 Å². The van der Waals surface area contributed by atoms with E-state index in [-0.39, 0.29) is 11.9 Å². The normalized spacial score (nSPS) is 17.4. The maximum absolute atomic E-state index is 13.9. The summed E-state index contributed by atoms with van der Waals surface area (Å²) in [6, 6.07) is 7.32. The second kappa shape index (κ2) is 8.87.